The van der Waals surface area contributed by atoms with Crippen LogP contribution in [0, 0.1) is 0 Å². The smallest absolute Gasteiger partial charge is 0.161 e. The van der Waals surface area contributed by atoms with Crippen LogP contribution in [0.3, 0.4) is 0 Å². The number of rotatable bonds is 10. The number of benzene rings is 21. The molecule has 0 atom stereocenters. The lowest BCUT2D eigenvalue weighted by atomic mass is 9.91. The minimum atomic E-state index is 0.877. The van der Waals surface area contributed by atoms with E-state index in [4.69, 9.17) is 26.5 Å². The van der Waals surface area contributed by atoms with Gasteiger partial charge in [-0.1, -0.05) is 322 Å². The number of furan rings is 6. The van der Waals surface area contributed by atoms with Crippen molar-refractivity contribution < 1.29 is 26.5 Å². The number of hydrogen-bond acceptors (Lipinski definition) is 6. The van der Waals surface area contributed by atoms with Crippen LogP contribution in [-0.4, -0.2) is 13.7 Å². The molecule has 0 unspecified atom stereocenters. The van der Waals surface area contributed by atoms with Gasteiger partial charge in [0.1, 0.15) is 66.8 Å². The van der Waals surface area contributed by atoms with E-state index >= 15 is 0 Å². The Morgan fingerprint density at radius 2 is 0.489 bits per heavy atom. The minimum Gasteiger partial charge on any atom is -0.456 e. The third kappa shape index (κ3) is 12.3. The zero-order valence-electron chi connectivity index (χ0n) is 73.7. The molecule has 0 aliphatic rings. The number of hydrogen-bond donors (Lipinski definition) is 0. The molecular formula is C128H77N3O6. The first kappa shape index (κ1) is 77.3. The van der Waals surface area contributed by atoms with E-state index in [1.807, 2.05) is 6.07 Å². The maximum atomic E-state index is 6.67. The summed E-state index contributed by atoms with van der Waals surface area (Å²) in [5, 5.41) is 18.3. The van der Waals surface area contributed by atoms with Crippen LogP contribution in [0.4, 0.5) is 0 Å². The normalized spacial score (nSPS) is 11.9. The van der Waals surface area contributed by atoms with Crippen LogP contribution in [0.1, 0.15) is 0 Å². The Hall–Kier alpha value is -18.4. The van der Waals surface area contributed by atoms with Crippen molar-refractivity contribution in [1.29, 1.82) is 0 Å². The summed E-state index contributed by atoms with van der Waals surface area (Å²) in [4.78, 5) is 0. The van der Waals surface area contributed by atoms with Crippen molar-refractivity contribution in [3.63, 3.8) is 0 Å². The highest BCUT2D eigenvalue weighted by Gasteiger charge is 2.29. The van der Waals surface area contributed by atoms with Gasteiger partial charge in [0.15, 0.2) is 16.7 Å². The molecule has 9 nitrogen and oxygen atoms in total. The Morgan fingerprint density at radius 3 is 1.04 bits per heavy atom. The van der Waals surface area contributed by atoms with Crippen LogP contribution >= 0.6 is 0 Å². The zero-order valence-corrected chi connectivity index (χ0v) is 73.7. The lowest BCUT2D eigenvalue weighted by Gasteiger charge is -2.13. The first-order valence-corrected chi connectivity index (χ1v) is 46.5. The van der Waals surface area contributed by atoms with Crippen molar-refractivity contribution in [3.8, 4) is 95.0 Å². The van der Waals surface area contributed by atoms with Gasteiger partial charge in [-0.3, -0.25) is 0 Å². The molecule has 0 aliphatic carbocycles. The largest absolute Gasteiger partial charge is 0.456 e. The van der Waals surface area contributed by atoms with Crippen molar-refractivity contribution in [3.05, 3.63) is 467 Å². The first-order valence-electron chi connectivity index (χ1n) is 46.5. The highest BCUT2D eigenvalue weighted by molar-refractivity contribution is 6.25. The fraction of sp³-hybridized carbons (Fsp3) is 0. The minimum absolute atomic E-state index is 0.877. The molecular weight excluding hydrogens is 1680 g/mol. The Bertz CT molecular complexity index is 10100. The molecule has 0 saturated carbocycles. The standard InChI is InChI=1S/C44H27NO2.2C42H25NO2/c1-3-13-28(14-4-1)32-20-11-22-36-41-34(21-12-24-40(41)47-43(32)36)33-18-8-7-17-31(33)29-25-26-39-37(27-29)42-44(46-39)35-19-9-10-23-38(35)45(42)30-15-5-2-6-16-30;1-2-13-29(14-3-1)43-36-19-9-8-17-34(36)42-41(43)40-33(18-10-20-37(40)45-42)31-16-7-6-15-30(31)28-21-22-32-35-23-26-11-4-5-12-27(26)24-39(35)44-38(32)25-28;1-2-12-28(13-3-1)43-35-19-9-8-17-33(35)42-41(43)40-32(18-10-20-36(40)45-42)31-16-7-6-14-29(31)27-21-23-34-38(25-27)44-37-24-22-26-11-4-5-15-30(26)39(34)37/h1-27H;2*1-25H. The molecule has 137 heavy (non-hydrogen) atoms. The molecule has 0 spiro atoms. The summed E-state index contributed by atoms with van der Waals surface area (Å²) >= 11 is 0. The summed E-state index contributed by atoms with van der Waals surface area (Å²) in [5.74, 6) is 0. The number of fused-ring (bicyclic) bond motifs is 27. The van der Waals surface area contributed by atoms with Crippen molar-refractivity contribution >= 4 is 186 Å². The number of para-hydroxylation sites is 7. The Labute approximate surface area is 783 Å². The van der Waals surface area contributed by atoms with Crippen molar-refractivity contribution in [2.75, 3.05) is 0 Å². The van der Waals surface area contributed by atoms with Gasteiger partial charge in [0.25, 0.3) is 0 Å². The van der Waals surface area contributed by atoms with E-state index < -0.39 is 0 Å². The zero-order chi connectivity index (χ0) is 89.9. The summed E-state index contributed by atoms with van der Waals surface area (Å²) in [5.41, 5.74) is 36.7. The molecule has 30 rings (SSSR count). The number of aromatic nitrogens is 3. The monoisotopic (exact) mass is 1750 g/mol. The summed E-state index contributed by atoms with van der Waals surface area (Å²) < 4.78 is 46.5. The van der Waals surface area contributed by atoms with Gasteiger partial charge < -0.3 is 40.2 Å². The van der Waals surface area contributed by atoms with Crippen LogP contribution in [0.2, 0.25) is 0 Å². The van der Waals surface area contributed by atoms with Crippen LogP contribution < -0.4 is 0 Å². The molecule has 9 aromatic heterocycles. The predicted octanol–water partition coefficient (Wildman–Crippen LogP) is 36.3. The molecule has 0 bridgehead atoms. The highest BCUT2D eigenvalue weighted by Crippen LogP contribution is 2.52. The SMILES string of the molecule is c1ccc(-c2cccc3c2oc2cccc(-c4ccccc4-c4ccc5oc6c7ccccc7n(-c7ccccc7)c6c5c4)c23)cc1.c1ccc(-n2c3ccccc3c3oc4cccc(-c5ccccc5-c5ccc6c(c5)oc5cc7ccccc7cc56)c4c32)cc1.c1ccc(-n2c3ccccc3c3oc4cccc(-c5ccccc5-c5ccc6c(c5)oc5ccc7ccccc7c56)c4c32)cc1. The maximum absolute atomic E-state index is 6.67. The van der Waals surface area contributed by atoms with Gasteiger partial charge in [-0.15, -0.1) is 0 Å². The van der Waals surface area contributed by atoms with Gasteiger partial charge in [-0.2, -0.15) is 0 Å². The van der Waals surface area contributed by atoms with Crippen molar-refractivity contribution in [2.45, 2.75) is 0 Å². The predicted molar refractivity (Wildman–Crippen MR) is 567 cm³/mol. The van der Waals surface area contributed by atoms with E-state index in [1.54, 1.807) is 0 Å². The van der Waals surface area contributed by atoms with E-state index in [-0.39, 0.29) is 0 Å². The average molecular weight is 1750 g/mol. The summed E-state index contributed by atoms with van der Waals surface area (Å²) in [6, 6.07) is 165. The Kier molecular flexibility index (Phi) is 17.6. The summed E-state index contributed by atoms with van der Waals surface area (Å²) in [7, 11) is 0. The van der Waals surface area contributed by atoms with Gasteiger partial charge in [0.2, 0.25) is 0 Å². The highest BCUT2D eigenvalue weighted by atomic mass is 16.4. The van der Waals surface area contributed by atoms with Gasteiger partial charge in [-0.05, 0) is 239 Å². The fourth-order valence-corrected chi connectivity index (χ4v) is 21.8. The molecule has 0 aliphatic heterocycles. The average Bonchev–Trinajstić information content (AvgIpc) is 1.56. The Morgan fingerprint density at radius 1 is 0.139 bits per heavy atom. The first-order chi connectivity index (χ1) is 68.0. The molecule has 0 saturated heterocycles. The lowest BCUT2D eigenvalue weighted by Crippen LogP contribution is -1.94. The third-order valence-electron chi connectivity index (χ3n) is 27.8. The van der Waals surface area contributed by atoms with Gasteiger partial charge in [0.05, 0.1) is 27.3 Å². The van der Waals surface area contributed by atoms with Gasteiger partial charge in [-0.25, -0.2) is 0 Å². The topological polar surface area (TPSA) is 93.6 Å². The molecule has 9 heteroatoms. The molecule has 0 N–H and O–H groups in total. The van der Waals surface area contributed by atoms with Crippen LogP contribution in [0.5, 0.6) is 0 Å². The second-order valence-corrected chi connectivity index (χ2v) is 35.4. The van der Waals surface area contributed by atoms with Gasteiger partial charge in [0, 0.05) is 76.5 Å². The molecule has 640 valence electrons. The summed E-state index contributed by atoms with van der Waals surface area (Å²) in [6.45, 7) is 0. The Balaban J connectivity index is 0.000000102. The van der Waals surface area contributed by atoms with Crippen molar-refractivity contribution in [1.82, 2.24) is 13.7 Å². The lowest BCUT2D eigenvalue weighted by molar-refractivity contribution is 0.669. The second-order valence-electron chi connectivity index (χ2n) is 35.4. The quantitative estimate of drug-likeness (QED) is 0.135. The third-order valence-corrected chi connectivity index (χ3v) is 27.8. The molecule has 0 radical (unpaired) electrons. The van der Waals surface area contributed by atoms with E-state index in [2.05, 4.69) is 475 Å². The van der Waals surface area contributed by atoms with Crippen LogP contribution in [-0.2, 0) is 0 Å². The molecule has 21 aromatic carbocycles. The second kappa shape index (κ2) is 31.1. The number of nitrogens with zero attached hydrogens (tertiary/aromatic N) is 3. The summed E-state index contributed by atoms with van der Waals surface area (Å²) in [6.07, 6.45) is 0. The van der Waals surface area contributed by atoms with Crippen LogP contribution in [0.25, 0.3) is 281 Å². The molecule has 30 aromatic rings. The molecule has 0 amide bonds. The molecule has 9 heterocycles. The van der Waals surface area contributed by atoms with E-state index in [0.717, 1.165) is 254 Å². The molecule has 0 fully saturated rings. The van der Waals surface area contributed by atoms with E-state index in [9.17, 15) is 0 Å². The van der Waals surface area contributed by atoms with Crippen LogP contribution in [0.15, 0.2) is 494 Å². The maximum Gasteiger partial charge on any atom is 0.161 e. The van der Waals surface area contributed by atoms with Crippen molar-refractivity contribution in [2.24, 2.45) is 0 Å². The van der Waals surface area contributed by atoms with E-state index in [1.165, 1.54) is 26.9 Å². The van der Waals surface area contributed by atoms with E-state index in [0.29, 0.717) is 0 Å². The van der Waals surface area contributed by atoms with Gasteiger partial charge >= 0.3 is 0 Å². The fourth-order valence-electron chi connectivity index (χ4n) is 21.8.